The largest absolute Gasteiger partial charge is 0.321 e. The number of carbonyl (C=O) groups excluding carboxylic acids is 1. The van der Waals surface area contributed by atoms with Gasteiger partial charge in [0.15, 0.2) is 5.82 Å². The Labute approximate surface area is 147 Å². The molecule has 0 saturated heterocycles. The second-order valence-corrected chi connectivity index (χ2v) is 5.43. The molecule has 0 aliphatic rings. The van der Waals surface area contributed by atoms with Crippen molar-refractivity contribution in [3.8, 4) is 11.5 Å². The van der Waals surface area contributed by atoms with Crippen LogP contribution in [0.1, 0.15) is 10.4 Å². The monoisotopic (exact) mass is 348 g/mol. The molecule has 1 N–H and O–H groups in total. The van der Waals surface area contributed by atoms with E-state index in [1.807, 2.05) is 0 Å². The molecule has 3 heterocycles. The highest BCUT2D eigenvalue weighted by Crippen LogP contribution is 2.16. The first-order chi connectivity index (χ1) is 12.7. The van der Waals surface area contributed by atoms with Crippen LogP contribution in [-0.4, -0.2) is 30.5 Å². The summed E-state index contributed by atoms with van der Waals surface area (Å²) in [6.07, 6.45) is 8.12. The number of benzene rings is 1. The number of pyridine rings is 1. The molecule has 1 amide bonds. The zero-order valence-corrected chi connectivity index (χ0v) is 13.5. The number of amides is 1. The molecule has 0 saturated carbocycles. The zero-order chi connectivity index (χ0) is 17.9. The smallest absolute Gasteiger partial charge is 0.255 e. The van der Waals surface area contributed by atoms with Gasteiger partial charge in [0.05, 0.1) is 11.9 Å². The quantitative estimate of drug-likeness (QED) is 0.615. The lowest BCUT2D eigenvalue weighted by molar-refractivity contribution is 0.102. The SMILES string of the molecule is O=C(Nc1ccc(-n2cccn2)nc1)c1ccc(-n2cccn2)c(F)c1. The Balaban J connectivity index is 1.50. The van der Waals surface area contributed by atoms with Gasteiger partial charge in [0.25, 0.3) is 5.91 Å². The molecule has 0 aliphatic carbocycles. The van der Waals surface area contributed by atoms with Crippen LogP contribution in [0.5, 0.6) is 0 Å². The Morgan fingerprint density at radius 2 is 1.77 bits per heavy atom. The molecule has 26 heavy (non-hydrogen) atoms. The van der Waals surface area contributed by atoms with E-state index < -0.39 is 11.7 Å². The highest BCUT2D eigenvalue weighted by atomic mass is 19.1. The minimum Gasteiger partial charge on any atom is -0.321 e. The van der Waals surface area contributed by atoms with Crippen molar-refractivity contribution in [1.29, 1.82) is 0 Å². The molecule has 128 valence electrons. The third-order valence-corrected chi connectivity index (χ3v) is 3.71. The van der Waals surface area contributed by atoms with Gasteiger partial charge in [-0.15, -0.1) is 0 Å². The Morgan fingerprint density at radius 3 is 2.38 bits per heavy atom. The molecule has 7 nitrogen and oxygen atoms in total. The Morgan fingerprint density at radius 1 is 1.00 bits per heavy atom. The predicted molar refractivity (Wildman–Crippen MR) is 92.8 cm³/mol. The second kappa shape index (κ2) is 6.60. The van der Waals surface area contributed by atoms with E-state index in [2.05, 4.69) is 20.5 Å². The molecule has 0 spiro atoms. The van der Waals surface area contributed by atoms with E-state index in [4.69, 9.17) is 0 Å². The van der Waals surface area contributed by atoms with Crippen molar-refractivity contribution in [2.75, 3.05) is 5.32 Å². The number of aromatic nitrogens is 5. The Kier molecular flexibility index (Phi) is 3.98. The summed E-state index contributed by atoms with van der Waals surface area (Å²) >= 11 is 0. The van der Waals surface area contributed by atoms with Gasteiger partial charge in [-0.25, -0.2) is 18.7 Å². The number of anilines is 1. The van der Waals surface area contributed by atoms with Gasteiger partial charge in [0.2, 0.25) is 0 Å². The number of nitrogens with zero attached hydrogens (tertiary/aromatic N) is 5. The third-order valence-electron chi connectivity index (χ3n) is 3.71. The lowest BCUT2D eigenvalue weighted by Crippen LogP contribution is -2.13. The normalized spacial score (nSPS) is 10.7. The summed E-state index contributed by atoms with van der Waals surface area (Å²) in [5, 5.41) is 10.8. The molecule has 3 aromatic heterocycles. The fraction of sp³-hybridized carbons (Fsp3) is 0. The van der Waals surface area contributed by atoms with Crippen LogP contribution >= 0.6 is 0 Å². The summed E-state index contributed by atoms with van der Waals surface area (Å²) < 4.78 is 17.3. The van der Waals surface area contributed by atoms with E-state index in [0.717, 1.165) is 0 Å². The lowest BCUT2D eigenvalue weighted by Gasteiger charge is -2.08. The van der Waals surface area contributed by atoms with Crippen molar-refractivity contribution in [3.05, 3.63) is 84.8 Å². The third kappa shape index (κ3) is 3.07. The van der Waals surface area contributed by atoms with E-state index in [0.29, 0.717) is 11.5 Å². The fourth-order valence-electron chi connectivity index (χ4n) is 2.45. The van der Waals surface area contributed by atoms with Crippen molar-refractivity contribution >= 4 is 11.6 Å². The van der Waals surface area contributed by atoms with Gasteiger partial charge in [-0.1, -0.05) is 0 Å². The molecule has 0 aliphatic heterocycles. The van der Waals surface area contributed by atoms with Crippen LogP contribution in [0, 0.1) is 5.82 Å². The summed E-state index contributed by atoms with van der Waals surface area (Å²) in [7, 11) is 0. The summed E-state index contributed by atoms with van der Waals surface area (Å²) in [5.74, 6) is -0.333. The van der Waals surface area contributed by atoms with Crippen LogP contribution in [-0.2, 0) is 0 Å². The lowest BCUT2D eigenvalue weighted by atomic mass is 10.2. The average molecular weight is 348 g/mol. The van der Waals surface area contributed by atoms with Gasteiger partial charge in [0, 0.05) is 30.4 Å². The molecule has 1 aromatic carbocycles. The van der Waals surface area contributed by atoms with Gasteiger partial charge < -0.3 is 5.32 Å². The fourth-order valence-corrected chi connectivity index (χ4v) is 2.45. The summed E-state index contributed by atoms with van der Waals surface area (Å²) in [5.41, 5.74) is 0.980. The van der Waals surface area contributed by atoms with Crippen molar-refractivity contribution in [1.82, 2.24) is 24.5 Å². The maximum Gasteiger partial charge on any atom is 0.255 e. The molecule has 0 atom stereocenters. The summed E-state index contributed by atoms with van der Waals surface area (Å²) in [4.78, 5) is 16.6. The van der Waals surface area contributed by atoms with Crippen LogP contribution in [0.4, 0.5) is 10.1 Å². The van der Waals surface area contributed by atoms with E-state index in [9.17, 15) is 9.18 Å². The number of nitrogens with one attached hydrogen (secondary N) is 1. The first-order valence-electron chi connectivity index (χ1n) is 7.78. The molecule has 4 rings (SSSR count). The number of hydrogen-bond donors (Lipinski definition) is 1. The topological polar surface area (TPSA) is 77.6 Å². The van der Waals surface area contributed by atoms with Crippen LogP contribution < -0.4 is 5.32 Å². The molecule has 0 unspecified atom stereocenters. The first-order valence-corrected chi connectivity index (χ1v) is 7.78. The van der Waals surface area contributed by atoms with Gasteiger partial charge in [-0.3, -0.25) is 4.79 Å². The van der Waals surface area contributed by atoms with Gasteiger partial charge in [-0.05, 0) is 42.5 Å². The molecular weight excluding hydrogens is 335 g/mol. The number of halogens is 1. The predicted octanol–water partition coefficient (Wildman–Crippen LogP) is 2.84. The van der Waals surface area contributed by atoms with Crippen LogP contribution in [0.3, 0.4) is 0 Å². The minimum atomic E-state index is -0.534. The highest BCUT2D eigenvalue weighted by molar-refractivity contribution is 6.04. The van der Waals surface area contributed by atoms with Crippen molar-refractivity contribution in [2.24, 2.45) is 0 Å². The van der Waals surface area contributed by atoms with E-state index in [-0.39, 0.29) is 11.3 Å². The second-order valence-electron chi connectivity index (χ2n) is 5.43. The number of rotatable bonds is 4. The molecule has 0 radical (unpaired) electrons. The van der Waals surface area contributed by atoms with Crippen molar-refractivity contribution in [3.63, 3.8) is 0 Å². The number of carbonyl (C=O) groups is 1. The zero-order valence-electron chi connectivity index (χ0n) is 13.5. The standard InChI is InChI=1S/C18H13FN6O/c19-15-11-13(3-5-16(15)24-9-1-7-21-24)18(26)23-14-4-6-17(20-12-14)25-10-2-8-22-25/h1-12H,(H,23,26). The van der Waals surface area contributed by atoms with Crippen LogP contribution in [0.25, 0.3) is 11.5 Å². The van der Waals surface area contributed by atoms with Gasteiger partial charge in [0.1, 0.15) is 11.5 Å². The van der Waals surface area contributed by atoms with Crippen molar-refractivity contribution < 1.29 is 9.18 Å². The van der Waals surface area contributed by atoms with E-state index in [1.54, 1.807) is 59.8 Å². The molecule has 8 heteroatoms. The maximum absolute atomic E-state index is 14.3. The minimum absolute atomic E-state index is 0.203. The molecule has 0 fully saturated rings. The maximum atomic E-state index is 14.3. The summed E-state index contributed by atoms with van der Waals surface area (Å²) in [6, 6.07) is 11.1. The van der Waals surface area contributed by atoms with Crippen molar-refractivity contribution in [2.45, 2.75) is 0 Å². The van der Waals surface area contributed by atoms with Gasteiger partial charge >= 0.3 is 0 Å². The molecule has 0 bridgehead atoms. The average Bonchev–Trinajstić information content (AvgIpc) is 3.36. The van der Waals surface area contributed by atoms with E-state index in [1.165, 1.54) is 23.0 Å². The van der Waals surface area contributed by atoms with Crippen LogP contribution in [0.2, 0.25) is 0 Å². The molecule has 4 aromatic rings. The number of hydrogen-bond acceptors (Lipinski definition) is 4. The Hall–Kier alpha value is -3.81. The van der Waals surface area contributed by atoms with Gasteiger partial charge in [-0.2, -0.15) is 10.2 Å². The summed E-state index contributed by atoms with van der Waals surface area (Å²) in [6.45, 7) is 0. The van der Waals surface area contributed by atoms with E-state index >= 15 is 0 Å². The molecular formula is C18H13FN6O. The first kappa shape index (κ1) is 15.7. The highest BCUT2D eigenvalue weighted by Gasteiger charge is 2.12. The Bertz CT molecular complexity index is 1030. The van der Waals surface area contributed by atoms with Crippen LogP contribution in [0.15, 0.2) is 73.4 Å².